The highest BCUT2D eigenvalue weighted by molar-refractivity contribution is 7.47. The molecule has 10 atom stereocenters. The molecule has 0 spiro atoms. The van der Waals surface area contributed by atoms with Crippen LogP contribution in [0.4, 0.5) is 5.95 Å². The maximum absolute atomic E-state index is 13.1. The molecule has 0 aromatic carbocycles. The van der Waals surface area contributed by atoms with E-state index in [2.05, 4.69) is 81.2 Å². The summed E-state index contributed by atoms with van der Waals surface area (Å²) in [7, 11) is -10.2. The molecule has 3 aliphatic heterocycles. The molecule has 25 nitrogen and oxygen atoms in total. The number of phosphoric acid groups is 2. The molecule has 0 aliphatic carbocycles. The molecule has 7 heterocycles. The zero-order valence-electron chi connectivity index (χ0n) is 33.4. The van der Waals surface area contributed by atoms with Gasteiger partial charge in [-0.3, -0.25) is 41.8 Å². The number of aromatic nitrogens is 8. The van der Waals surface area contributed by atoms with Crippen molar-refractivity contribution in [1.82, 2.24) is 48.8 Å². The Bertz CT molecular complexity index is 2190. The second-order valence-electron chi connectivity index (χ2n) is 13.4. The van der Waals surface area contributed by atoms with Gasteiger partial charge >= 0.3 is 15.6 Å². The Morgan fingerprint density at radius 2 is 1.15 bits per heavy atom. The molecule has 59 heavy (non-hydrogen) atoms. The van der Waals surface area contributed by atoms with E-state index < -0.39 is 89.1 Å². The minimum Gasteiger partial charge on any atom is -0.387 e. The first-order valence-electron chi connectivity index (χ1n) is 19.1. The van der Waals surface area contributed by atoms with Gasteiger partial charge in [0.05, 0.1) is 32.2 Å². The molecule has 0 amide bonds. The summed E-state index contributed by atoms with van der Waals surface area (Å²) in [5, 5.41) is 22.0. The first-order chi connectivity index (χ1) is 28.0. The highest BCUT2D eigenvalue weighted by atomic mass is 31.2. The van der Waals surface area contributed by atoms with Crippen LogP contribution in [0, 0.1) is 0 Å². The zero-order chi connectivity index (χ0) is 43.2. The molecule has 8 N–H and O–H groups in total. The SMILES string of the molecule is CCN(CC)CC.CCN(CC)CC.Nc1nc2c(ncn2[C@@H]2O[C@@H]3COP(=O)(O)O[C@@H]4[C@H](O)[C@@H](COP(=O)(O)O[C@@H]2[C@@H]3O)O[C@H]4n2cnc3c(=O)[nH]cnc32)c(=O)[nH]1. The number of phosphoric ester groups is 2. The van der Waals surface area contributed by atoms with Crippen molar-refractivity contribution in [3.05, 3.63) is 39.7 Å². The van der Waals surface area contributed by atoms with E-state index in [9.17, 15) is 38.7 Å². The summed E-state index contributed by atoms with van der Waals surface area (Å²) in [6.45, 7) is 18.6. The van der Waals surface area contributed by atoms with Gasteiger partial charge in [-0.1, -0.05) is 41.5 Å². The lowest BCUT2D eigenvalue weighted by Gasteiger charge is -2.26. The van der Waals surface area contributed by atoms with E-state index in [0.717, 1.165) is 28.1 Å². The van der Waals surface area contributed by atoms with Gasteiger partial charge in [0.2, 0.25) is 5.95 Å². The summed E-state index contributed by atoms with van der Waals surface area (Å²) in [4.78, 5) is 70.9. The van der Waals surface area contributed by atoms with Gasteiger partial charge in [0, 0.05) is 0 Å². The minimum atomic E-state index is -5.12. The summed E-state index contributed by atoms with van der Waals surface area (Å²) in [6.07, 6.45) is -9.76. The van der Waals surface area contributed by atoms with Crippen molar-refractivity contribution in [3.8, 4) is 0 Å². The third-order valence-electron chi connectivity index (χ3n) is 9.99. The molecule has 3 saturated heterocycles. The van der Waals surface area contributed by atoms with Gasteiger partial charge in [-0.25, -0.2) is 24.1 Å². The van der Waals surface area contributed by atoms with Crippen molar-refractivity contribution >= 4 is 43.9 Å². The second kappa shape index (κ2) is 19.9. The molecule has 2 unspecified atom stereocenters. The third kappa shape index (κ3) is 10.7. The first kappa shape index (κ1) is 46.5. The Morgan fingerprint density at radius 1 is 0.729 bits per heavy atom. The molecular weight excluding hydrogens is 824 g/mol. The number of nitrogen functional groups attached to an aromatic ring is 1. The Labute approximate surface area is 337 Å². The molecule has 7 rings (SSSR count). The molecule has 27 heteroatoms. The fourth-order valence-corrected chi connectivity index (χ4v) is 8.48. The molecule has 4 aromatic rings. The van der Waals surface area contributed by atoms with E-state index in [0.29, 0.717) is 0 Å². The van der Waals surface area contributed by atoms with Crippen molar-refractivity contribution < 1.29 is 56.7 Å². The average molecular weight is 878 g/mol. The molecular formula is C32H53N11O14P2. The number of nitrogens with two attached hydrogens (primary N) is 1. The molecule has 330 valence electrons. The molecule has 3 fully saturated rings. The van der Waals surface area contributed by atoms with Crippen LogP contribution in [0.2, 0.25) is 0 Å². The first-order valence-corrected chi connectivity index (χ1v) is 22.1. The largest absolute Gasteiger partial charge is 0.472 e. The van der Waals surface area contributed by atoms with Crippen molar-refractivity contribution in [2.24, 2.45) is 0 Å². The summed E-state index contributed by atoms with van der Waals surface area (Å²) in [6, 6.07) is 0. The van der Waals surface area contributed by atoms with E-state index in [-0.39, 0.29) is 28.3 Å². The van der Waals surface area contributed by atoms with Gasteiger partial charge in [0.1, 0.15) is 36.6 Å². The number of rotatable bonds is 8. The Morgan fingerprint density at radius 3 is 1.58 bits per heavy atom. The molecule has 3 aliphatic rings. The van der Waals surface area contributed by atoms with Gasteiger partial charge in [-0.15, -0.1) is 0 Å². The van der Waals surface area contributed by atoms with E-state index in [1.807, 2.05) is 0 Å². The molecule has 0 saturated carbocycles. The fraction of sp³-hybridized carbons (Fsp3) is 0.688. The molecule has 0 radical (unpaired) electrons. The van der Waals surface area contributed by atoms with E-state index in [1.165, 1.54) is 39.3 Å². The number of hydrogen-bond donors (Lipinski definition) is 7. The number of aliphatic hydroxyl groups is 2. The van der Waals surface area contributed by atoms with Crippen molar-refractivity contribution in [2.45, 2.75) is 90.6 Å². The van der Waals surface area contributed by atoms with Crippen molar-refractivity contribution in [1.29, 1.82) is 0 Å². The lowest BCUT2D eigenvalue weighted by atomic mass is 10.1. The van der Waals surface area contributed by atoms with Gasteiger partial charge in [0.15, 0.2) is 34.8 Å². The standard InChI is InChI=1S/C20H23N9O14P2.2C6H15N/c21-20-26-15-9(17(33)27-20)25-5-29(15)19-13-11(31)7(41-19)2-39-44(34,35)42-12-10(30)6(1-38-45(36,37)43-13)40-18(12)28-4-24-8-14(28)22-3-23-16(8)32;2*1-4-7(5-2)6-3/h3-7,10-13,18-19,30-31H,1-2H2,(H,34,35)(H,36,37)(H,22,23,32)(H3,21,26,27,33);2*4-6H2,1-3H3/t6-,7-,10-,11-,12-,13-,18-,19-;;/m1../s1. The van der Waals surface area contributed by atoms with Crippen LogP contribution in [0.15, 0.2) is 28.6 Å². The quantitative estimate of drug-likeness (QED) is 0.115. The summed E-state index contributed by atoms with van der Waals surface area (Å²) in [5.74, 6) is -0.295. The Kier molecular flexibility index (Phi) is 15.7. The highest BCUT2D eigenvalue weighted by Gasteiger charge is 2.54. The maximum atomic E-state index is 13.1. The topological polar surface area (TPSA) is 330 Å². The Hall–Kier alpha value is -3.52. The number of imidazole rings is 2. The van der Waals surface area contributed by atoms with Crippen LogP contribution >= 0.6 is 15.6 Å². The Balaban J connectivity index is 0.000000407. The van der Waals surface area contributed by atoms with Crippen molar-refractivity contribution in [2.75, 3.05) is 58.2 Å². The van der Waals surface area contributed by atoms with Crippen LogP contribution < -0.4 is 16.9 Å². The van der Waals surface area contributed by atoms with Crippen LogP contribution in [-0.2, 0) is 36.7 Å². The van der Waals surface area contributed by atoms with Gasteiger partial charge in [-0.2, -0.15) is 4.98 Å². The van der Waals surface area contributed by atoms with Crippen LogP contribution in [0.3, 0.4) is 0 Å². The number of aromatic amines is 2. The lowest BCUT2D eigenvalue weighted by molar-refractivity contribution is -0.0675. The van der Waals surface area contributed by atoms with Gasteiger partial charge < -0.3 is 50.0 Å². The van der Waals surface area contributed by atoms with E-state index in [4.69, 9.17) is 33.3 Å². The molecule has 4 bridgehead atoms. The van der Waals surface area contributed by atoms with Crippen LogP contribution in [-0.4, -0.2) is 158 Å². The van der Waals surface area contributed by atoms with Gasteiger partial charge in [0.25, 0.3) is 11.1 Å². The van der Waals surface area contributed by atoms with Crippen LogP contribution in [0.5, 0.6) is 0 Å². The number of H-pyrrole nitrogens is 2. The number of ether oxygens (including phenoxy) is 2. The maximum Gasteiger partial charge on any atom is 0.472 e. The van der Waals surface area contributed by atoms with Crippen molar-refractivity contribution in [3.63, 3.8) is 0 Å². The smallest absolute Gasteiger partial charge is 0.387 e. The predicted octanol–water partition coefficient (Wildman–Crippen LogP) is 0.0658. The summed E-state index contributed by atoms with van der Waals surface area (Å²) < 4.78 is 60.8. The second-order valence-corrected chi connectivity index (χ2v) is 16.2. The monoisotopic (exact) mass is 877 g/mol. The third-order valence-corrected chi connectivity index (χ3v) is 12.0. The summed E-state index contributed by atoms with van der Waals surface area (Å²) in [5.41, 5.74) is 3.83. The highest BCUT2D eigenvalue weighted by Crippen LogP contribution is 2.53. The number of hydrogen-bond acceptors (Lipinski definition) is 19. The number of aliphatic hydroxyl groups excluding tert-OH is 2. The zero-order valence-corrected chi connectivity index (χ0v) is 35.2. The molecule has 4 aromatic heterocycles. The summed E-state index contributed by atoms with van der Waals surface area (Å²) >= 11 is 0. The minimum absolute atomic E-state index is 0.0426. The number of nitrogens with zero attached hydrogens (tertiary/aromatic N) is 8. The number of nitrogens with one attached hydrogen (secondary N) is 2. The van der Waals surface area contributed by atoms with Crippen LogP contribution in [0.1, 0.15) is 54.0 Å². The normalized spacial score (nSPS) is 31.2. The predicted molar refractivity (Wildman–Crippen MR) is 209 cm³/mol. The number of fused-ring (bicyclic) bond motifs is 6. The lowest BCUT2D eigenvalue weighted by Crippen LogP contribution is -2.38. The van der Waals surface area contributed by atoms with E-state index in [1.54, 1.807) is 0 Å². The fourth-order valence-electron chi connectivity index (χ4n) is 6.61. The van der Waals surface area contributed by atoms with E-state index >= 15 is 0 Å². The van der Waals surface area contributed by atoms with Gasteiger partial charge in [-0.05, 0) is 39.3 Å². The van der Waals surface area contributed by atoms with Crippen LogP contribution in [0.25, 0.3) is 22.3 Å². The average Bonchev–Trinajstić information content (AvgIpc) is 3.96. The number of anilines is 1.